The molecule has 0 saturated heterocycles. The summed E-state index contributed by atoms with van der Waals surface area (Å²) in [6, 6.07) is 21.2. The largest absolute Gasteiger partial charge is 0.493 e. The Morgan fingerprint density at radius 2 is 0.545 bits per heavy atom. The molecule has 0 unspecified atom stereocenters. The molecule has 5 aromatic rings. The standard InChI is InChI=1S/C78H122N6O4/c1-7-11-15-19-23-27-31-35-39-43-51-85-73-55-69(56-74(61-73)86-52-44-40-36-32-28-24-20-16-12-8-2)65-81-47-49-83(67(81)5)77-59-71(63-79)72(64-80)60-78(77)84-50-48-82(68(84)6)66-70-57-75(87-53-45-41-37-33-29-25-21-17-13-9-3)62-76(58-70)88-54-46-42-38-34-30-26-22-18-14-10-4/h47-50,55-62H,7-46,51-54,65-66H2,1-6H3/q+2. The summed E-state index contributed by atoms with van der Waals surface area (Å²) in [5.41, 5.74) is 4.52. The van der Waals surface area contributed by atoms with Crippen molar-refractivity contribution in [2.45, 2.75) is 311 Å². The smallest absolute Gasteiger partial charge is 0.258 e. The molecule has 0 N–H and O–H groups in total. The molecule has 10 heteroatoms. The molecule has 2 heterocycles. The molecule has 88 heavy (non-hydrogen) atoms. The van der Waals surface area contributed by atoms with Gasteiger partial charge in [0.2, 0.25) is 0 Å². The SMILES string of the molecule is CCCCCCCCCCCCOc1cc(C[n+]2ccn(-c3cc(C#N)c(C#N)cc3-n3cc[n+](Cc4cc(OCCCCCCCCCCCC)cc(OCCCCCCCCCCCC)c4)c3C)c2C)cc(OCCCCCCCCCCCC)c1. The van der Waals surface area contributed by atoms with Gasteiger partial charge < -0.3 is 18.9 Å². The summed E-state index contributed by atoms with van der Waals surface area (Å²) in [4.78, 5) is 0. The average Bonchev–Trinajstić information content (AvgIpc) is 3.29. The van der Waals surface area contributed by atoms with Gasteiger partial charge in [0.1, 0.15) is 73.0 Å². The second-order valence-corrected chi connectivity index (χ2v) is 25.5. The minimum Gasteiger partial charge on any atom is -0.493 e. The van der Waals surface area contributed by atoms with Crippen molar-refractivity contribution in [2.24, 2.45) is 0 Å². The summed E-state index contributed by atoms with van der Waals surface area (Å²) in [7, 11) is 0. The molecule has 0 aliphatic rings. The van der Waals surface area contributed by atoms with Gasteiger partial charge in [0.05, 0.1) is 37.6 Å². The quantitative estimate of drug-likeness (QED) is 0.0284. The van der Waals surface area contributed by atoms with Crippen LogP contribution < -0.4 is 28.1 Å². The van der Waals surface area contributed by atoms with E-state index in [1.165, 1.54) is 231 Å². The van der Waals surface area contributed by atoms with Crippen LogP contribution in [0, 0.1) is 36.5 Å². The number of imidazole rings is 2. The first-order valence-electron chi connectivity index (χ1n) is 36.2. The van der Waals surface area contributed by atoms with Crippen molar-refractivity contribution in [3.05, 3.63) is 107 Å². The Morgan fingerprint density at radius 1 is 0.318 bits per heavy atom. The van der Waals surface area contributed by atoms with Gasteiger partial charge >= 0.3 is 0 Å². The fourth-order valence-electron chi connectivity index (χ4n) is 12.3. The number of unbranched alkanes of at least 4 members (excludes halogenated alkanes) is 36. The molecule has 486 valence electrons. The van der Waals surface area contributed by atoms with Gasteiger partial charge in [0.25, 0.3) is 11.6 Å². The topological polar surface area (TPSA) is 102 Å². The zero-order valence-corrected chi connectivity index (χ0v) is 56.8. The lowest BCUT2D eigenvalue weighted by Crippen LogP contribution is -2.36. The molecular weight excluding hydrogens is 1080 g/mol. The summed E-state index contributed by atoms with van der Waals surface area (Å²) < 4.78 is 34.8. The predicted octanol–water partition coefficient (Wildman–Crippen LogP) is 21.5. The first-order chi connectivity index (χ1) is 43.3. The van der Waals surface area contributed by atoms with E-state index < -0.39 is 0 Å². The molecule has 5 rings (SSSR count). The Labute approximate surface area is 536 Å². The highest BCUT2D eigenvalue weighted by atomic mass is 16.5. The van der Waals surface area contributed by atoms with Crippen molar-refractivity contribution in [3.8, 4) is 46.5 Å². The van der Waals surface area contributed by atoms with Crippen LogP contribution in [-0.2, 0) is 13.1 Å². The number of benzene rings is 3. The minimum absolute atomic E-state index is 0.343. The van der Waals surface area contributed by atoms with Gasteiger partial charge in [-0.25, -0.2) is 9.13 Å². The second-order valence-electron chi connectivity index (χ2n) is 25.5. The molecule has 0 aliphatic heterocycles. The van der Waals surface area contributed by atoms with E-state index in [9.17, 15) is 10.5 Å². The number of ether oxygens (including phenoxy) is 4. The van der Waals surface area contributed by atoms with Crippen LogP contribution >= 0.6 is 0 Å². The van der Waals surface area contributed by atoms with Crippen LogP contribution in [-0.4, -0.2) is 35.6 Å². The molecule has 0 amide bonds. The number of hydrogen-bond donors (Lipinski definition) is 0. The van der Waals surface area contributed by atoms with E-state index in [1.807, 2.05) is 12.1 Å². The number of nitrogens with zero attached hydrogens (tertiary/aromatic N) is 6. The van der Waals surface area contributed by atoms with Crippen molar-refractivity contribution in [1.82, 2.24) is 9.13 Å². The zero-order valence-electron chi connectivity index (χ0n) is 56.8. The summed E-state index contributed by atoms with van der Waals surface area (Å²) in [6.45, 7) is 17.3. The first-order valence-corrected chi connectivity index (χ1v) is 36.2. The Bertz CT molecular complexity index is 2440. The number of hydrogen-bond acceptors (Lipinski definition) is 6. The lowest BCUT2D eigenvalue weighted by Gasteiger charge is -2.13. The van der Waals surface area contributed by atoms with Gasteiger partial charge in [-0.1, -0.05) is 259 Å². The second kappa shape index (κ2) is 46.4. The molecule has 0 aliphatic carbocycles. The number of aromatic nitrogens is 4. The first kappa shape index (κ1) is 73.0. The third-order valence-electron chi connectivity index (χ3n) is 17.8. The lowest BCUT2D eigenvalue weighted by molar-refractivity contribution is -0.693. The van der Waals surface area contributed by atoms with E-state index >= 15 is 0 Å². The summed E-state index contributed by atoms with van der Waals surface area (Å²) >= 11 is 0. The van der Waals surface area contributed by atoms with Crippen LogP contribution in [0.15, 0.2) is 73.3 Å². The van der Waals surface area contributed by atoms with E-state index in [0.717, 1.165) is 82.8 Å². The molecule has 0 bridgehead atoms. The van der Waals surface area contributed by atoms with E-state index in [4.69, 9.17) is 18.9 Å². The van der Waals surface area contributed by atoms with Gasteiger partial charge in [-0.2, -0.15) is 19.7 Å². The molecule has 0 atom stereocenters. The molecule has 10 nitrogen and oxygen atoms in total. The fraction of sp³-hybridized carbons (Fsp3) is 0.667. The van der Waals surface area contributed by atoms with Crippen molar-refractivity contribution in [1.29, 1.82) is 10.5 Å². The number of nitriles is 2. The van der Waals surface area contributed by atoms with Crippen LogP contribution in [0.2, 0.25) is 0 Å². The van der Waals surface area contributed by atoms with Crippen LogP contribution in [0.25, 0.3) is 11.4 Å². The van der Waals surface area contributed by atoms with Gasteiger partial charge in [-0.3, -0.25) is 0 Å². The van der Waals surface area contributed by atoms with Crippen molar-refractivity contribution in [3.63, 3.8) is 0 Å². The Hall–Kier alpha value is -5.74. The van der Waals surface area contributed by atoms with Crippen LogP contribution in [0.1, 0.15) is 318 Å². The molecule has 0 saturated carbocycles. The molecular formula is C78H122N6O4+2. The Kier molecular flexibility index (Phi) is 38.5. The average molecular weight is 1210 g/mol. The summed E-state index contributed by atoms with van der Waals surface area (Å²) in [6.07, 6.45) is 60.0. The normalized spacial score (nSPS) is 11.3. The third kappa shape index (κ3) is 28.8. The molecule has 0 radical (unpaired) electrons. The predicted molar refractivity (Wildman–Crippen MR) is 365 cm³/mol. The minimum atomic E-state index is 0.343. The van der Waals surface area contributed by atoms with E-state index in [0.29, 0.717) is 50.6 Å². The summed E-state index contributed by atoms with van der Waals surface area (Å²) in [5.74, 6) is 5.38. The van der Waals surface area contributed by atoms with Crippen LogP contribution in [0.5, 0.6) is 23.0 Å². The summed E-state index contributed by atoms with van der Waals surface area (Å²) in [5, 5.41) is 20.8. The maximum absolute atomic E-state index is 10.4. The molecule has 2 aromatic heterocycles. The van der Waals surface area contributed by atoms with Gasteiger partial charge in [0, 0.05) is 49.2 Å². The van der Waals surface area contributed by atoms with Gasteiger partial charge in [-0.15, -0.1) is 0 Å². The zero-order chi connectivity index (χ0) is 62.5. The van der Waals surface area contributed by atoms with E-state index in [2.05, 4.69) is 133 Å². The fourth-order valence-corrected chi connectivity index (χ4v) is 12.3. The maximum atomic E-state index is 10.4. The van der Waals surface area contributed by atoms with Crippen LogP contribution in [0.4, 0.5) is 0 Å². The van der Waals surface area contributed by atoms with E-state index in [1.54, 1.807) is 0 Å². The Morgan fingerprint density at radius 3 is 0.773 bits per heavy atom. The van der Waals surface area contributed by atoms with Gasteiger partial charge in [-0.05, 0) is 49.9 Å². The van der Waals surface area contributed by atoms with Crippen molar-refractivity contribution in [2.75, 3.05) is 26.4 Å². The number of rotatable bonds is 54. The van der Waals surface area contributed by atoms with Crippen molar-refractivity contribution >= 4 is 0 Å². The van der Waals surface area contributed by atoms with Gasteiger partial charge in [0.15, 0.2) is 11.4 Å². The highest BCUT2D eigenvalue weighted by Crippen LogP contribution is 2.29. The molecule has 0 fully saturated rings. The van der Waals surface area contributed by atoms with Crippen LogP contribution in [0.3, 0.4) is 0 Å². The van der Waals surface area contributed by atoms with Crippen molar-refractivity contribution < 1.29 is 28.1 Å². The monoisotopic (exact) mass is 1210 g/mol. The third-order valence-corrected chi connectivity index (χ3v) is 17.8. The maximum Gasteiger partial charge on any atom is 0.258 e. The molecule has 3 aromatic carbocycles. The van der Waals surface area contributed by atoms with E-state index in [-0.39, 0.29) is 0 Å². The highest BCUT2D eigenvalue weighted by Gasteiger charge is 2.27. The Balaban J connectivity index is 1.31. The highest BCUT2D eigenvalue weighted by molar-refractivity contribution is 5.63. The molecule has 0 spiro atoms. The lowest BCUT2D eigenvalue weighted by atomic mass is 10.1.